The summed E-state index contributed by atoms with van der Waals surface area (Å²) < 4.78 is 44.1. The molecule has 0 aliphatic carbocycles. The fourth-order valence-electron chi connectivity index (χ4n) is 2.79. The molecule has 0 amide bonds. The molecule has 148 valence electrons. The highest BCUT2D eigenvalue weighted by Crippen LogP contribution is 2.33. The average molecular weight is 413 g/mol. The third-order valence-electron chi connectivity index (χ3n) is 4.08. The summed E-state index contributed by atoms with van der Waals surface area (Å²) in [5, 5.41) is 7.95. The Morgan fingerprint density at radius 1 is 1.21 bits per heavy atom. The molecule has 0 bridgehead atoms. The lowest BCUT2D eigenvalue weighted by atomic mass is 9.93. The van der Waals surface area contributed by atoms with Gasteiger partial charge in [-0.15, -0.1) is 21.8 Å². The fraction of sp³-hybridized carbons (Fsp3) is 0.333. The van der Waals surface area contributed by atoms with E-state index in [1.807, 2.05) is 0 Å². The molecule has 0 spiro atoms. The molecule has 2 heterocycles. The van der Waals surface area contributed by atoms with Gasteiger partial charge in [-0.2, -0.15) is 13.2 Å². The van der Waals surface area contributed by atoms with Crippen molar-refractivity contribution in [2.45, 2.75) is 31.9 Å². The maximum Gasteiger partial charge on any atom is 0.416 e. The van der Waals surface area contributed by atoms with E-state index in [1.54, 1.807) is 6.92 Å². The van der Waals surface area contributed by atoms with Crippen molar-refractivity contribution in [3.63, 3.8) is 0 Å². The number of aromatic nitrogens is 4. The maximum absolute atomic E-state index is 12.8. The molecule has 3 rings (SSSR count). The average Bonchev–Trinajstić information content (AvgIpc) is 3.11. The van der Waals surface area contributed by atoms with Crippen LogP contribution in [0.15, 0.2) is 39.5 Å². The molecule has 1 N–H and O–H groups in total. The van der Waals surface area contributed by atoms with E-state index >= 15 is 0 Å². The summed E-state index contributed by atoms with van der Waals surface area (Å²) in [4.78, 5) is 18.3. The maximum atomic E-state index is 12.8. The molecule has 0 radical (unpaired) electrons. The van der Waals surface area contributed by atoms with Crippen molar-refractivity contribution in [3.8, 4) is 11.6 Å². The Morgan fingerprint density at radius 3 is 2.54 bits per heavy atom. The van der Waals surface area contributed by atoms with Crippen LogP contribution in [0.25, 0.3) is 11.6 Å². The lowest BCUT2D eigenvalue weighted by molar-refractivity contribution is -0.137. The zero-order valence-electron chi connectivity index (χ0n) is 14.8. The van der Waals surface area contributed by atoms with E-state index in [0.29, 0.717) is 30.1 Å². The van der Waals surface area contributed by atoms with Gasteiger partial charge in [-0.3, -0.25) is 4.79 Å². The Balaban J connectivity index is 1.94. The number of H-pyrrole nitrogens is 1. The molecule has 1 aromatic carbocycles. The molecule has 0 saturated carbocycles. The SMILES string of the molecule is Cc1nc(-c2nnc(C(CCCCl)c3ccc(C(F)(F)F)cc3)o2)cc(=O)[nH]1. The largest absolute Gasteiger partial charge is 0.419 e. The number of nitrogens with zero attached hydrogens (tertiary/aromatic N) is 3. The standard InChI is InChI=1S/C18H16ClF3N4O2/c1-10-23-14(9-15(27)24-10)17-26-25-16(28-17)13(3-2-8-19)11-4-6-12(7-5-11)18(20,21)22/h4-7,9,13H,2-3,8H2,1H3,(H,23,24,27). The molecule has 0 aliphatic rings. The Hall–Kier alpha value is -2.68. The second kappa shape index (κ2) is 8.14. The van der Waals surface area contributed by atoms with Crippen molar-refractivity contribution < 1.29 is 17.6 Å². The Labute approximate surface area is 162 Å². The minimum Gasteiger partial charge on any atom is -0.419 e. The highest BCUT2D eigenvalue weighted by Gasteiger charge is 2.31. The summed E-state index contributed by atoms with van der Waals surface area (Å²) in [6, 6.07) is 6.04. The first-order chi connectivity index (χ1) is 13.3. The molecular formula is C18H16ClF3N4O2. The lowest BCUT2D eigenvalue weighted by Crippen LogP contribution is -2.08. The van der Waals surface area contributed by atoms with Crippen molar-refractivity contribution in [2.24, 2.45) is 0 Å². The third kappa shape index (κ3) is 4.59. The Kier molecular flexibility index (Phi) is 5.83. The summed E-state index contributed by atoms with van der Waals surface area (Å²) in [7, 11) is 0. The van der Waals surface area contributed by atoms with E-state index in [4.69, 9.17) is 16.0 Å². The van der Waals surface area contributed by atoms with E-state index in [-0.39, 0.29) is 23.0 Å². The van der Waals surface area contributed by atoms with Gasteiger partial charge in [0.15, 0.2) is 0 Å². The third-order valence-corrected chi connectivity index (χ3v) is 4.35. The highest BCUT2D eigenvalue weighted by atomic mass is 35.5. The Morgan fingerprint density at radius 2 is 1.93 bits per heavy atom. The normalized spacial score (nSPS) is 12.9. The number of hydrogen-bond donors (Lipinski definition) is 1. The molecule has 28 heavy (non-hydrogen) atoms. The van der Waals surface area contributed by atoms with E-state index in [1.165, 1.54) is 18.2 Å². The van der Waals surface area contributed by atoms with Crippen LogP contribution < -0.4 is 5.56 Å². The van der Waals surface area contributed by atoms with Crippen LogP contribution in [0.3, 0.4) is 0 Å². The van der Waals surface area contributed by atoms with E-state index in [2.05, 4.69) is 20.2 Å². The van der Waals surface area contributed by atoms with Crippen LogP contribution in [0.1, 0.15) is 41.6 Å². The number of rotatable bonds is 6. The van der Waals surface area contributed by atoms with Gasteiger partial charge in [0.2, 0.25) is 5.89 Å². The summed E-state index contributed by atoms with van der Waals surface area (Å²) in [5.41, 5.74) is -0.266. The van der Waals surface area contributed by atoms with E-state index in [9.17, 15) is 18.0 Å². The van der Waals surface area contributed by atoms with Crippen molar-refractivity contribution in [1.82, 2.24) is 20.2 Å². The molecule has 6 nitrogen and oxygen atoms in total. The summed E-state index contributed by atoms with van der Waals surface area (Å²) >= 11 is 5.78. The van der Waals surface area contributed by atoms with E-state index in [0.717, 1.165) is 12.1 Å². The summed E-state index contributed by atoms with van der Waals surface area (Å²) in [6.45, 7) is 1.62. The first-order valence-corrected chi connectivity index (χ1v) is 8.96. The second-order valence-electron chi connectivity index (χ2n) is 6.17. The fourth-order valence-corrected chi connectivity index (χ4v) is 2.94. The van der Waals surface area contributed by atoms with Gasteiger partial charge in [0.1, 0.15) is 11.5 Å². The Bertz CT molecular complexity index is 999. The summed E-state index contributed by atoms with van der Waals surface area (Å²) in [6.07, 6.45) is -3.29. The number of aromatic amines is 1. The zero-order chi connectivity index (χ0) is 20.3. The van der Waals surface area contributed by atoms with Crippen LogP contribution in [-0.4, -0.2) is 26.0 Å². The monoisotopic (exact) mass is 412 g/mol. The van der Waals surface area contributed by atoms with Crippen LogP contribution in [0.5, 0.6) is 0 Å². The number of halogens is 4. The van der Waals surface area contributed by atoms with Gasteiger partial charge in [0.25, 0.3) is 11.4 Å². The molecule has 10 heteroatoms. The van der Waals surface area contributed by atoms with Gasteiger partial charge >= 0.3 is 6.18 Å². The van der Waals surface area contributed by atoms with Crippen molar-refractivity contribution in [2.75, 3.05) is 5.88 Å². The zero-order valence-corrected chi connectivity index (χ0v) is 15.5. The molecule has 1 unspecified atom stereocenters. The molecule has 1 atom stereocenters. The van der Waals surface area contributed by atoms with Crippen LogP contribution in [0.2, 0.25) is 0 Å². The van der Waals surface area contributed by atoms with Gasteiger partial charge in [0, 0.05) is 11.9 Å². The predicted octanol–water partition coefficient (Wildman–Crippen LogP) is 4.30. The molecular weight excluding hydrogens is 397 g/mol. The minimum absolute atomic E-state index is 0.0620. The van der Waals surface area contributed by atoms with Crippen molar-refractivity contribution >= 4 is 11.6 Å². The van der Waals surface area contributed by atoms with Gasteiger partial charge < -0.3 is 9.40 Å². The number of benzene rings is 1. The van der Waals surface area contributed by atoms with Gasteiger partial charge in [-0.05, 0) is 37.5 Å². The minimum atomic E-state index is -4.41. The first-order valence-electron chi connectivity index (χ1n) is 8.43. The topological polar surface area (TPSA) is 84.7 Å². The number of alkyl halides is 4. The van der Waals surface area contributed by atoms with Crippen LogP contribution in [0.4, 0.5) is 13.2 Å². The summed E-state index contributed by atoms with van der Waals surface area (Å²) in [5.74, 6) is 0.632. The highest BCUT2D eigenvalue weighted by molar-refractivity contribution is 6.17. The number of nitrogens with one attached hydrogen (secondary N) is 1. The first kappa shape index (κ1) is 20.1. The molecule has 0 fully saturated rings. The van der Waals surface area contributed by atoms with Gasteiger partial charge in [0.05, 0.1) is 11.5 Å². The molecule has 3 aromatic rings. The lowest BCUT2D eigenvalue weighted by Gasteiger charge is -2.14. The van der Waals surface area contributed by atoms with Crippen molar-refractivity contribution in [1.29, 1.82) is 0 Å². The number of aryl methyl sites for hydroxylation is 1. The van der Waals surface area contributed by atoms with Crippen molar-refractivity contribution in [3.05, 3.63) is 63.5 Å². The molecule has 0 saturated heterocycles. The molecule has 0 aliphatic heterocycles. The van der Waals surface area contributed by atoms with Gasteiger partial charge in [-0.25, -0.2) is 4.98 Å². The second-order valence-corrected chi connectivity index (χ2v) is 6.54. The predicted molar refractivity (Wildman–Crippen MR) is 96.1 cm³/mol. The smallest absolute Gasteiger partial charge is 0.416 e. The number of hydrogen-bond acceptors (Lipinski definition) is 5. The molecule has 2 aromatic heterocycles. The quantitative estimate of drug-likeness (QED) is 0.610. The van der Waals surface area contributed by atoms with Crippen LogP contribution in [0, 0.1) is 6.92 Å². The van der Waals surface area contributed by atoms with E-state index < -0.39 is 17.7 Å². The van der Waals surface area contributed by atoms with Crippen LogP contribution >= 0.6 is 11.6 Å². The van der Waals surface area contributed by atoms with Crippen LogP contribution in [-0.2, 0) is 6.18 Å². The van der Waals surface area contributed by atoms with Gasteiger partial charge in [-0.1, -0.05) is 12.1 Å².